The number of anilines is 1. The molecule has 5 nitrogen and oxygen atoms in total. The summed E-state index contributed by atoms with van der Waals surface area (Å²) >= 11 is 0. The van der Waals surface area contributed by atoms with Crippen LogP contribution in [-0.2, 0) is 0 Å². The van der Waals surface area contributed by atoms with E-state index in [4.69, 9.17) is 15.2 Å². The minimum absolute atomic E-state index is 0.263. The molecule has 3 aromatic rings. The standard InChI is InChI=1S/C15H14FN3O2/c1-20-10-4-6-13(14(8-10)21-2)19-12-5-3-9(16)7-11(12)18-15(19)17/h3-8H,1-2H3,(H2,17,18). The van der Waals surface area contributed by atoms with Crippen LogP contribution in [0.15, 0.2) is 36.4 Å². The number of aromatic nitrogens is 2. The fraction of sp³-hybridized carbons (Fsp3) is 0.133. The van der Waals surface area contributed by atoms with Crippen LogP contribution in [0.5, 0.6) is 11.5 Å². The Morgan fingerprint density at radius 2 is 1.90 bits per heavy atom. The molecule has 0 radical (unpaired) electrons. The number of imidazole rings is 1. The fourth-order valence-corrected chi connectivity index (χ4v) is 2.29. The van der Waals surface area contributed by atoms with Crippen molar-refractivity contribution in [1.29, 1.82) is 0 Å². The van der Waals surface area contributed by atoms with E-state index in [0.29, 0.717) is 28.2 Å². The highest BCUT2D eigenvalue weighted by atomic mass is 19.1. The molecule has 0 aliphatic carbocycles. The second kappa shape index (κ2) is 4.97. The summed E-state index contributed by atoms with van der Waals surface area (Å²) in [5, 5.41) is 0. The lowest BCUT2D eigenvalue weighted by atomic mass is 10.2. The Bertz CT molecular complexity index is 814. The number of hydrogen-bond acceptors (Lipinski definition) is 4. The van der Waals surface area contributed by atoms with Crippen LogP contribution in [0.2, 0.25) is 0 Å². The molecule has 0 atom stereocenters. The number of methoxy groups -OCH3 is 2. The zero-order valence-corrected chi connectivity index (χ0v) is 11.6. The van der Waals surface area contributed by atoms with E-state index in [1.165, 1.54) is 12.1 Å². The van der Waals surface area contributed by atoms with Crippen molar-refractivity contribution in [2.24, 2.45) is 0 Å². The average Bonchev–Trinajstić information content (AvgIpc) is 2.81. The Hall–Kier alpha value is -2.76. The van der Waals surface area contributed by atoms with Crippen molar-refractivity contribution in [2.45, 2.75) is 0 Å². The molecule has 0 spiro atoms. The highest BCUT2D eigenvalue weighted by Gasteiger charge is 2.15. The maximum atomic E-state index is 13.3. The number of rotatable bonds is 3. The van der Waals surface area contributed by atoms with Gasteiger partial charge in [-0.15, -0.1) is 0 Å². The van der Waals surface area contributed by atoms with E-state index >= 15 is 0 Å². The van der Waals surface area contributed by atoms with Crippen LogP contribution in [0.4, 0.5) is 10.3 Å². The lowest BCUT2D eigenvalue weighted by molar-refractivity contribution is 0.393. The van der Waals surface area contributed by atoms with E-state index in [9.17, 15) is 4.39 Å². The molecule has 1 aromatic heterocycles. The second-order valence-corrected chi connectivity index (χ2v) is 4.48. The molecule has 21 heavy (non-hydrogen) atoms. The van der Waals surface area contributed by atoms with Crippen molar-refractivity contribution < 1.29 is 13.9 Å². The van der Waals surface area contributed by atoms with Crippen molar-refractivity contribution in [2.75, 3.05) is 20.0 Å². The minimum atomic E-state index is -0.353. The van der Waals surface area contributed by atoms with Gasteiger partial charge < -0.3 is 15.2 Å². The molecule has 2 N–H and O–H groups in total. The number of nitrogen functional groups attached to an aromatic ring is 1. The summed E-state index contributed by atoms with van der Waals surface area (Å²) in [4.78, 5) is 4.18. The molecule has 0 aliphatic rings. The van der Waals surface area contributed by atoms with E-state index in [-0.39, 0.29) is 11.8 Å². The van der Waals surface area contributed by atoms with Gasteiger partial charge in [0.1, 0.15) is 17.3 Å². The van der Waals surface area contributed by atoms with Gasteiger partial charge in [0.25, 0.3) is 0 Å². The molecule has 2 aromatic carbocycles. The van der Waals surface area contributed by atoms with E-state index in [1.54, 1.807) is 37.0 Å². The van der Waals surface area contributed by atoms with E-state index in [1.807, 2.05) is 6.07 Å². The van der Waals surface area contributed by atoms with Gasteiger partial charge in [-0.3, -0.25) is 4.57 Å². The van der Waals surface area contributed by atoms with Crippen molar-refractivity contribution >= 4 is 17.0 Å². The van der Waals surface area contributed by atoms with E-state index in [2.05, 4.69) is 4.98 Å². The largest absolute Gasteiger partial charge is 0.497 e. The number of fused-ring (bicyclic) bond motifs is 1. The van der Waals surface area contributed by atoms with Crippen LogP contribution in [0.25, 0.3) is 16.7 Å². The summed E-state index contributed by atoms with van der Waals surface area (Å²) < 4.78 is 25.6. The maximum Gasteiger partial charge on any atom is 0.206 e. The SMILES string of the molecule is COc1ccc(-n2c(N)nc3cc(F)ccc32)c(OC)c1. The number of ether oxygens (including phenoxy) is 2. The summed E-state index contributed by atoms with van der Waals surface area (Å²) in [5.74, 6) is 1.17. The number of hydrogen-bond donors (Lipinski definition) is 1. The molecule has 3 rings (SSSR count). The molecule has 0 aliphatic heterocycles. The van der Waals surface area contributed by atoms with Crippen LogP contribution in [-0.4, -0.2) is 23.8 Å². The van der Waals surface area contributed by atoms with Gasteiger partial charge in [-0.1, -0.05) is 0 Å². The molecular weight excluding hydrogens is 273 g/mol. The number of benzene rings is 2. The van der Waals surface area contributed by atoms with Crippen molar-refractivity contribution in [3.8, 4) is 17.2 Å². The van der Waals surface area contributed by atoms with Crippen LogP contribution in [0, 0.1) is 5.82 Å². The van der Waals surface area contributed by atoms with Crippen molar-refractivity contribution in [1.82, 2.24) is 9.55 Å². The molecular formula is C15H14FN3O2. The normalized spacial score (nSPS) is 10.8. The van der Waals surface area contributed by atoms with Crippen LogP contribution in [0.3, 0.4) is 0 Å². The predicted octanol–water partition coefficient (Wildman–Crippen LogP) is 2.76. The van der Waals surface area contributed by atoms with E-state index < -0.39 is 0 Å². The lowest BCUT2D eigenvalue weighted by Gasteiger charge is -2.13. The summed E-state index contributed by atoms with van der Waals surface area (Å²) in [7, 11) is 3.14. The first kappa shape index (κ1) is 13.2. The first-order valence-electron chi connectivity index (χ1n) is 6.30. The van der Waals surface area contributed by atoms with Crippen molar-refractivity contribution in [3.05, 3.63) is 42.2 Å². The molecule has 0 unspecified atom stereocenters. The average molecular weight is 287 g/mol. The Kier molecular flexibility index (Phi) is 3.13. The Morgan fingerprint density at radius 1 is 1.10 bits per heavy atom. The molecule has 108 valence electrons. The summed E-state index contributed by atoms with van der Waals surface area (Å²) in [5.41, 5.74) is 7.88. The van der Waals surface area contributed by atoms with Gasteiger partial charge in [0, 0.05) is 12.1 Å². The summed E-state index contributed by atoms with van der Waals surface area (Å²) in [6.07, 6.45) is 0. The highest BCUT2D eigenvalue weighted by molar-refractivity contribution is 5.81. The Balaban J connectivity index is 2.27. The minimum Gasteiger partial charge on any atom is -0.497 e. The fourth-order valence-electron chi connectivity index (χ4n) is 2.29. The van der Waals surface area contributed by atoms with Gasteiger partial charge in [-0.05, 0) is 24.3 Å². The predicted molar refractivity (Wildman–Crippen MR) is 78.5 cm³/mol. The van der Waals surface area contributed by atoms with Gasteiger partial charge in [0.2, 0.25) is 5.95 Å². The lowest BCUT2D eigenvalue weighted by Crippen LogP contribution is -2.03. The van der Waals surface area contributed by atoms with Crippen molar-refractivity contribution in [3.63, 3.8) is 0 Å². The summed E-state index contributed by atoms with van der Waals surface area (Å²) in [6, 6.07) is 9.72. The monoisotopic (exact) mass is 287 g/mol. The summed E-state index contributed by atoms with van der Waals surface area (Å²) in [6.45, 7) is 0. The molecule has 0 amide bonds. The third kappa shape index (κ3) is 2.14. The van der Waals surface area contributed by atoms with Gasteiger partial charge in [-0.2, -0.15) is 0 Å². The third-order valence-electron chi connectivity index (χ3n) is 3.27. The Labute approximate surface area is 120 Å². The van der Waals surface area contributed by atoms with E-state index in [0.717, 1.165) is 0 Å². The van der Waals surface area contributed by atoms with Crippen LogP contribution >= 0.6 is 0 Å². The molecule has 6 heteroatoms. The Morgan fingerprint density at radius 3 is 2.62 bits per heavy atom. The third-order valence-corrected chi connectivity index (χ3v) is 3.27. The van der Waals surface area contributed by atoms with Crippen LogP contribution in [0.1, 0.15) is 0 Å². The smallest absolute Gasteiger partial charge is 0.206 e. The quantitative estimate of drug-likeness (QED) is 0.804. The second-order valence-electron chi connectivity index (χ2n) is 4.48. The molecule has 0 fully saturated rings. The molecule has 0 bridgehead atoms. The van der Waals surface area contributed by atoms with Gasteiger partial charge >= 0.3 is 0 Å². The van der Waals surface area contributed by atoms with Crippen LogP contribution < -0.4 is 15.2 Å². The zero-order valence-electron chi connectivity index (χ0n) is 11.6. The highest BCUT2D eigenvalue weighted by Crippen LogP contribution is 2.32. The van der Waals surface area contributed by atoms with Gasteiger partial charge in [0.15, 0.2) is 0 Å². The zero-order chi connectivity index (χ0) is 15.0. The molecule has 1 heterocycles. The first-order valence-corrected chi connectivity index (χ1v) is 6.30. The van der Waals surface area contributed by atoms with Gasteiger partial charge in [0.05, 0.1) is 30.9 Å². The number of nitrogens with zero attached hydrogens (tertiary/aromatic N) is 2. The number of nitrogens with two attached hydrogens (primary N) is 1. The first-order chi connectivity index (χ1) is 10.1. The maximum absolute atomic E-state index is 13.3. The number of halogens is 1. The van der Waals surface area contributed by atoms with Gasteiger partial charge in [-0.25, -0.2) is 9.37 Å². The molecule has 0 saturated heterocycles. The topological polar surface area (TPSA) is 62.3 Å². The molecule has 0 saturated carbocycles.